The van der Waals surface area contributed by atoms with E-state index in [2.05, 4.69) is 45.1 Å². The second-order valence-corrected chi connectivity index (χ2v) is 4.86. The highest BCUT2D eigenvalue weighted by Crippen LogP contribution is 2.20. The Morgan fingerprint density at radius 1 is 1.33 bits per heavy atom. The summed E-state index contributed by atoms with van der Waals surface area (Å²) in [4.78, 5) is 0. The minimum atomic E-state index is 0.713. The highest BCUT2D eigenvalue weighted by Gasteiger charge is 2.04. The second kappa shape index (κ2) is 6.66. The van der Waals surface area contributed by atoms with Gasteiger partial charge in [0.1, 0.15) is 0 Å². The molecule has 15 heavy (non-hydrogen) atoms. The summed E-state index contributed by atoms with van der Waals surface area (Å²) >= 11 is 0. The van der Waals surface area contributed by atoms with Crippen molar-refractivity contribution >= 4 is 0 Å². The maximum absolute atomic E-state index is 2.45. The predicted octanol–water partition coefficient (Wildman–Crippen LogP) is 5.04. The molecule has 1 rings (SSSR count). The highest BCUT2D eigenvalue weighted by molar-refractivity contribution is 5.10. The first kappa shape index (κ1) is 12.3. The molecule has 0 bridgehead atoms. The topological polar surface area (TPSA) is 0 Å². The van der Waals surface area contributed by atoms with Crippen LogP contribution in [-0.2, 0) is 0 Å². The van der Waals surface area contributed by atoms with Crippen molar-refractivity contribution in [1.82, 2.24) is 0 Å². The Morgan fingerprint density at radius 2 is 2.13 bits per heavy atom. The third-order valence-electron chi connectivity index (χ3n) is 2.88. The van der Waals surface area contributed by atoms with E-state index >= 15 is 0 Å². The van der Waals surface area contributed by atoms with Crippen molar-refractivity contribution in [3.63, 3.8) is 0 Å². The summed E-state index contributed by atoms with van der Waals surface area (Å²) in [5.74, 6) is 0.713. The van der Waals surface area contributed by atoms with Crippen LogP contribution >= 0.6 is 0 Å². The highest BCUT2D eigenvalue weighted by atomic mass is 14.1. The van der Waals surface area contributed by atoms with Crippen molar-refractivity contribution < 1.29 is 0 Å². The van der Waals surface area contributed by atoms with Gasteiger partial charge in [-0.25, -0.2) is 0 Å². The molecule has 0 aromatic carbocycles. The molecular formula is C15H24. The fourth-order valence-electron chi connectivity index (χ4n) is 2.01. The van der Waals surface area contributed by atoms with Gasteiger partial charge >= 0.3 is 0 Å². The van der Waals surface area contributed by atoms with E-state index in [0.29, 0.717) is 5.92 Å². The van der Waals surface area contributed by atoms with E-state index in [9.17, 15) is 0 Å². The normalized spacial score (nSPS) is 21.5. The van der Waals surface area contributed by atoms with E-state index in [0.717, 1.165) is 0 Å². The number of hydrogen-bond acceptors (Lipinski definition) is 0. The monoisotopic (exact) mass is 204 g/mol. The first-order valence-electron chi connectivity index (χ1n) is 6.16. The first-order valence-corrected chi connectivity index (χ1v) is 6.16. The summed E-state index contributed by atoms with van der Waals surface area (Å²) in [6, 6.07) is 0. The van der Waals surface area contributed by atoms with Crippen molar-refractivity contribution in [3.8, 4) is 0 Å². The third kappa shape index (κ3) is 5.61. The summed E-state index contributed by atoms with van der Waals surface area (Å²) in [6.45, 7) is 6.60. The van der Waals surface area contributed by atoms with Crippen LogP contribution in [0.3, 0.4) is 0 Å². The van der Waals surface area contributed by atoms with Crippen molar-refractivity contribution in [2.75, 3.05) is 0 Å². The summed E-state index contributed by atoms with van der Waals surface area (Å²) in [5.41, 5.74) is 2.98. The molecule has 0 saturated carbocycles. The maximum atomic E-state index is 2.45. The van der Waals surface area contributed by atoms with Crippen LogP contribution < -0.4 is 0 Å². The molecule has 84 valence electrons. The lowest BCUT2D eigenvalue weighted by Crippen LogP contribution is -1.97. The van der Waals surface area contributed by atoms with Gasteiger partial charge in [0.2, 0.25) is 0 Å². The van der Waals surface area contributed by atoms with Crippen LogP contribution in [0.1, 0.15) is 52.9 Å². The Balaban J connectivity index is 2.34. The fourth-order valence-corrected chi connectivity index (χ4v) is 2.01. The SMILES string of the molecule is CC(C)=CCCC(C)=CC1C=CCCC1. The van der Waals surface area contributed by atoms with E-state index in [1.807, 2.05) is 0 Å². The first-order chi connectivity index (χ1) is 7.18. The number of allylic oxidation sites excluding steroid dienone is 6. The molecule has 0 fully saturated rings. The molecule has 0 N–H and O–H groups in total. The van der Waals surface area contributed by atoms with E-state index in [1.165, 1.54) is 37.7 Å². The van der Waals surface area contributed by atoms with Crippen LogP contribution in [0.4, 0.5) is 0 Å². The molecule has 0 heterocycles. The van der Waals surface area contributed by atoms with Gasteiger partial charge < -0.3 is 0 Å². The van der Waals surface area contributed by atoms with E-state index < -0.39 is 0 Å². The third-order valence-corrected chi connectivity index (χ3v) is 2.88. The zero-order valence-corrected chi connectivity index (χ0v) is 10.4. The van der Waals surface area contributed by atoms with Crippen LogP contribution in [0.15, 0.2) is 35.5 Å². The van der Waals surface area contributed by atoms with Crippen LogP contribution in [0, 0.1) is 5.92 Å². The van der Waals surface area contributed by atoms with Crippen LogP contribution in [0.2, 0.25) is 0 Å². The van der Waals surface area contributed by atoms with E-state index in [-0.39, 0.29) is 0 Å². The van der Waals surface area contributed by atoms with Gasteiger partial charge in [0.15, 0.2) is 0 Å². The van der Waals surface area contributed by atoms with Crippen molar-refractivity contribution in [2.45, 2.75) is 52.9 Å². The Labute approximate surface area is 94.8 Å². The molecule has 0 aliphatic heterocycles. The average molecular weight is 204 g/mol. The van der Waals surface area contributed by atoms with Gasteiger partial charge in [0, 0.05) is 0 Å². The Bertz CT molecular complexity index is 262. The molecular weight excluding hydrogens is 180 g/mol. The Hall–Kier alpha value is -0.780. The van der Waals surface area contributed by atoms with Crippen molar-refractivity contribution in [1.29, 1.82) is 0 Å². The molecule has 1 unspecified atom stereocenters. The second-order valence-electron chi connectivity index (χ2n) is 4.86. The molecule has 1 atom stereocenters. The summed E-state index contributed by atoms with van der Waals surface area (Å²) in [6.07, 6.45) is 15.9. The minimum Gasteiger partial charge on any atom is -0.0879 e. The van der Waals surface area contributed by atoms with Gasteiger partial charge in [0.05, 0.1) is 0 Å². The largest absolute Gasteiger partial charge is 0.0879 e. The van der Waals surface area contributed by atoms with Crippen molar-refractivity contribution in [2.24, 2.45) is 5.92 Å². The summed E-state index contributed by atoms with van der Waals surface area (Å²) in [7, 11) is 0. The molecule has 0 heteroatoms. The van der Waals surface area contributed by atoms with E-state index in [1.54, 1.807) is 5.57 Å². The van der Waals surface area contributed by atoms with Gasteiger partial charge in [-0.1, -0.05) is 35.5 Å². The van der Waals surface area contributed by atoms with Gasteiger partial charge in [0.25, 0.3) is 0 Å². The smallest absolute Gasteiger partial charge is 0.00508 e. The molecule has 0 aromatic rings. The molecule has 0 nitrogen and oxygen atoms in total. The lowest BCUT2D eigenvalue weighted by atomic mass is 9.93. The van der Waals surface area contributed by atoms with Gasteiger partial charge in [-0.15, -0.1) is 0 Å². The standard InChI is InChI=1S/C15H24/c1-13(2)8-7-9-14(3)12-15-10-5-4-6-11-15/h5,8,10,12,15H,4,6-7,9,11H2,1-3H3. The zero-order valence-electron chi connectivity index (χ0n) is 10.4. The number of rotatable bonds is 4. The fraction of sp³-hybridized carbons (Fsp3) is 0.600. The summed E-state index contributed by atoms with van der Waals surface area (Å²) < 4.78 is 0. The molecule has 1 aliphatic carbocycles. The Morgan fingerprint density at radius 3 is 2.73 bits per heavy atom. The molecule has 1 aliphatic rings. The lowest BCUT2D eigenvalue weighted by molar-refractivity contribution is 0.625. The Kier molecular flexibility index (Phi) is 5.45. The molecule has 0 amide bonds. The van der Waals surface area contributed by atoms with Crippen LogP contribution in [0.25, 0.3) is 0 Å². The molecule has 0 spiro atoms. The quantitative estimate of drug-likeness (QED) is 0.563. The van der Waals surface area contributed by atoms with Gasteiger partial charge in [-0.2, -0.15) is 0 Å². The van der Waals surface area contributed by atoms with Crippen LogP contribution in [-0.4, -0.2) is 0 Å². The predicted molar refractivity (Wildman–Crippen MR) is 68.9 cm³/mol. The molecule has 0 aromatic heterocycles. The molecule has 0 saturated heterocycles. The van der Waals surface area contributed by atoms with Crippen molar-refractivity contribution in [3.05, 3.63) is 35.5 Å². The number of hydrogen-bond donors (Lipinski definition) is 0. The van der Waals surface area contributed by atoms with Gasteiger partial charge in [-0.3, -0.25) is 0 Å². The van der Waals surface area contributed by atoms with E-state index in [4.69, 9.17) is 0 Å². The average Bonchev–Trinajstić information content (AvgIpc) is 2.18. The van der Waals surface area contributed by atoms with Crippen LogP contribution in [0.5, 0.6) is 0 Å². The summed E-state index contributed by atoms with van der Waals surface area (Å²) in [5, 5.41) is 0. The minimum absolute atomic E-state index is 0.713. The maximum Gasteiger partial charge on any atom is -0.00508 e. The molecule has 0 radical (unpaired) electrons. The lowest BCUT2D eigenvalue weighted by Gasteiger charge is -2.13. The van der Waals surface area contributed by atoms with Gasteiger partial charge in [-0.05, 0) is 58.8 Å². The zero-order chi connectivity index (χ0) is 11.1.